The second-order valence-corrected chi connectivity index (χ2v) is 22.2. The Bertz CT molecular complexity index is 518. The fourth-order valence-corrected chi connectivity index (χ4v) is 13.1. The first-order chi connectivity index (χ1) is 11.9. The molecule has 0 unspecified atom stereocenters. The van der Waals surface area contributed by atoms with Gasteiger partial charge in [-0.3, -0.25) is 0 Å². The van der Waals surface area contributed by atoms with E-state index < -0.39 is 53.3 Å². The van der Waals surface area contributed by atoms with Crippen molar-refractivity contribution >= 4 is 74.0 Å². The fraction of sp³-hybridized carbons (Fsp3) is 0.667. The molecule has 144 valence electrons. The average Bonchev–Trinajstić information content (AvgIpc) is 2.44. The molecule has 26 heavy (non-hydrogen) atoms. The van der Waals surface area contributed by atoms with Gasteiger partial charge >= 0.3 is 0 Å². The van der Waals surface area contributed by atoms with Gasteiger partial charge < -0.3 is 8.85 Å². The van der Waals surface area contributed by atoms with Gasteiger partial charge in [-0.05, 0) is 46.9 Å². The predicted molar refractivity (Wildman–Crippen MR) is 131 cm³/mol. The molecule has 0 heterocycles. The normalized spacial score (nSPS) is 12.4. The number of rotatable bonds is 8. The largest absolute Gasteiger partial charge is 0.543 e. The Morgan fingerprint density at radius 1 is 0.385 bits per heavy atom. The molecule has 0 aliphatic heterocycles. The molecule has 0 spiro atoms. The maximum absolute atomic E-state index is 6.68. The Morgan fingerprint density at radius 2 is 0.577 bits per heavy atom. The summed E-state index contributed by atoms with van der Waals surface area (Å²) >= 11 is 0. The first-order valence-corrected chi connectivity index (χ1v) is 24.1. The minimum Gasteiger partial charge on any atom is -0.543 e. The van der Waals surface area contributed by atoms with Crippen LogP contribution in [0.15, 0.2) is 0 Å². The predicted octanol–water partition coefficient (Wildman–Crippen LogP) is 2.79. The summed E-state index contributed by atoms with van der Waals surface area (Å²) in [4.78, 5) is 0. The molecule has 1 aromatic carbocycles. The smallest absolute Gasteiger partial charge is 0.274 e. The van der Waals surface area contributed by atoms with Gasteiger partial charge in [0.25, 0.3) is 18.1 Å². The summed E-state index contributed by atoms with van der Waals surface area (Å²) in [6.07, 6.45) is 0. The van der Waals surface area contributed by atoms with Gasteiger partial charge in [0.05, 0.1) is 35.2 Å². The van der Waals surface area contributed by atoms with Crippen LogP contribution < -0.4 is 29.6 Å². The number of benzene rings is 1. The molecule has 0 atom stereocenters. The van der Waals surface area contributed by atoms with Gasteiger partial charge in [0, 0.05) is 0 Å². The molecule has 0 aliphatic rings. The Morgan fingerprint density at radius 3 is 0.692 bits per heavy atom. The molecule has 0 aliphatic carbocycles. The average molecular weight is 453 g/mol. The van der Waals surface area contributed by atoms with E-state index in [9.17, 15) is 0 Å². The Labute approximate surface area is 172 Å². The van der Waals surface area contributed by atoms with Crippen LogP contribution in [0, 0.1) is 0 Å². The highest BCUT2D eigenvalue weighted by atomic mass is 28.3. The molecular weight excluding hydrogens is 417 g/mol. The quantitative estimate of drug-likeness (QED) is 0.565. The van der Waals surface area contributed by atoms with Crippen molar-refractivity contribution in [2.24, 2.45) is 0 Å². The first kappa shape index (κ1) is 24.2. The van der Waals surface area contributed by atoms with Gasteiger partial charge in [0.15, 0.2) is 0 Å². The highest BCUT2D eigenvalue weighted by molar-refractivity contribution is 6.89. The highest BCUT2D eigenvalue weighted by Crippen LogP contribution is 2.17. The SMILES string of the molecule is C[Si](C)Oc1c([Si](C)C)c([Si](C)C)c(O[Si](C)C)c([Si](C)C)c1[Si](C)C. The van der Waals surface area contributed by atoms with Gasteiger partial charge in [0.1, 0.15) is 11.5 Å². The Hall–Kier alpha value is 0.121. The third-order valence-corrected chi connectivity index (χ3v) is 11.7. The lowest BCUT2D eigenvalue weighted by Crippen LogP contribution is -2.58. The monoisotopic (exact) mass is 452 g/mol. The van der Waals surface area contributed by atoms with Crippen molar-refractivity contribution in [2.75, 3.05) is 0 Å². The molecule has 8 heteroatoms. The van der Waals surface area contributed by atoms with Crippen molar-refractivity contribution in [1.29, 1.82) is 0 Å². The van der Waals surface area contributed by atoms with Crippen molar-refractivity contribution in [2.45, 2.75) is 78.6 Å². The minimum atomic E-state index is -0.795. The van der Waals surface area contributed by atoms with E-state index in [0.717, 1.165) is 0 Å². The molecule has 6 radical (unpaired) electrons. The van der Waals surface area contributed by atoms with Crippen molar-refractivity contribution in [3.05, 3.63) is 0 Å². The second kappa shape index (κ2) is 10.1. The van der Waals surface area contributed by atoms with Crippen LogP contribution in [0.2, 0.25) is 78.6 Å². The maximum atomic E-state index is 6.68. The lowest BCUT2D eigenvalue weighted by Gasteiger charge is -2.33. The van der Waals surface area contributed by atoms with Gasteiger partial charge in [-0.2, -0.15) is 0 Å². The highest BCUT2D eigenvalue weighted by Gasteiger charge is 2.32. The van der Waals surface area contributed by atoms with Crippen LogP contribution in [0.5, 0.6) is 11.5 Å². The second-order valence-electron chi connectivity index (χ2n) is 8.18. The van der Waals surface area contributed by atoms with E-state index in [0.29, 0.717) is 0 Å². The van der Waals surface area contributed by atoms with E-state index in [1.54, 1.807) is 20.7 Å². The summed E-state index contributed by atoms with van der Waals surface area (Å²) < 4.78 is 13.4. The van der Waals surface area contributed by atoms with Crippen LogP contribution in [0.4, 0.5) is 0 Å². The molecule has 0 bridgehead atoms. The van der Waals surface area contributed by atoms with Crippen LogP contribution in [-0.2, 0) is 0 Å². The van der Waals surface area contributed by atoms with Gasteiger partial charge in [-0.15, -0.1) is 0 Å². The molecule has 1 aromatic rings. The molecule has 0 aromatic heterocycles. The number of hydrogen-bond donors (Lipinski definition) is 0. The Kier molecular flexibility index (Phi) is 9.35. The zero-order chi connectivity index (χ0) is 20.3. The summed E-state index contributed by atoms with van der Waals surface area (Å²) in [5, 5.41) is 6.25. The van der Waals surface area contributed by atoms with E-state index in [4.69, 9.17) is 8.85 Å². The molecule has 2 nitrogen and oxygen atoms in total. The summed E-state index contributed by atoms with van der Waals surface area (Å²) in [7, 11) is -4.15. The van der Waals surface area contributed by atoms with Crippen LogP contribution in [-0.4, -0.2) is 53.3 Å². The van der Waals surface area contributed by atoms with E-state index >= 15 is 0 Å². The van der Waals surface area contributed by atoms with Gasteiger partial charge in [-0.1, -0.05) is 52.4 Å². The van der Waals surface area contributed by atoms with Crippen molar-refractivity contribution in [3.8, 4) is 11.5 Å². The van der Waals surface area contributed by atoms with Crippen molar-refractivity contribution in [3.63, 3.8) is 0 Å². The van der Waals surface area contributed by atoms with Crippen LogP contribution >= 0.6 is 0 Å². The number of hydrogen-bond acceptors (Lipinski definition) is 2. The summed E-state index contributed by atoms with van der Waals surface area (Å²) in [6, 6.07) is 0. The summed E-state index contributed by atoms with van der Waals surface area (Å²) in [5.74, 6) is 2.61. The van der Waals surface area contributed by atoms with Gasteiger partial charge in [-0.25, -0.2) is 0 Å². The maximum Gasteiger partial charge on any atom is 0.274 e. The van der Waals surface area contributed by atoms with E-state index in [1.807, 2.05) is 0 Å². The third kappa shape index (κ3) is 5.57. The first-order valence-electron chi connectivity index (χ1n) is 9.32. The van der Waals surface area contributed by atoms with Crippen molar-refractivity contribution in [1.82, 2.24) is 0 Å². The van der Waals surface area contributed by atoms with E-state index in [1.165, 1.54) is 11.5 Å². The molecule has 1 rings (SSSR count). The third-order valence-electron chi connectivity index (χ3n) is 4.02. The van der Waals surface area contributed by atoms with Gasteiger partial charge in [0.2, 0.25) is 0 Å². The van der Waals surface area contributed by atoms with Crippen LogP contribution in [0.3, 0.4) is 0 Å². The zero-order valence-corrected chi connectivity index (χ0v) is 24.8. The molecular formula is C18H36O2Si6. The lowest BCUT2D eigenvalue weighted by molar-refractivity contribution is 0.578. The van der Waals surface area contributed by atoms with E-state index in [2.05, 4.69) is 78.6 Å². The topological polar surface area (TPSA) is 18.5 Å². The molecule has 0 amide bonds. The fourth-order valence-electron chi connectivity index (χ4n) is 3.22. The zero-order valence-electron chi connectivity index (χ0n) is 18.8. The van der Waals surface area contributed by atoms with E-state index in [-0.39, 0.29) is 0 Å². The molecule has 0 saturated heterocycles. The minimum absolute atomic E-state index is 0.640. The lowest BCUT2D eigenvalue weighted by atomic mass is 10.3. The molecule has 0 fully saturated rings. The van der Waals surface area contributed by atoms with Crippen molar-refractivity contribution < 1.29 is 8.85 Å². The molecule has 0 N–H and O–H groups in total. The van der Waals surface area contributed by atoms with Crippen LogP contribution in [0.25, 0.3) is 0 Å². The summed E-state index contributed by atoms with van der Waals surface area (Å²) in [5.41, 5.74) is 0. The Balaban J connectivity index is 4.12. The van der Waals surface area contributed by atoms with Crippen LogP contribution in [0.1, 0.15) is 0 Å². The standard InChI is InChI=1S/C18H36O2Si6/c1-21(2)15-13(19-25(9)10)17(23(5)6)18(24(7)8)14(20-26(11)12)16(15)22(3)4/h1-12H3. The molecule has 0 saturated carbocycles. The summed E-state index contributed by atoms with van der Waals surface area (Å²) in [6.45, 7) is 28.5.